The fourth-order valence-corrected chi connectivity index (χ4v) is 5.93. The van der Waals surface area contributed by atoms with Crippen LogP contribution in [0.2, 0.25) is 0 Å². The largest absolute Gasteiger partial charge is 0.359 e. The van der Waals surface area contributed by atoms with Crippen LogP contribution in [0.1, 0.15) is 60.1 Å². The second-order valence-electron chi connectivity index (χ2n) is 10.3. The number of nitrogens with one attached hydrogen (secondary N) is 3. The van der Waals surface area contributed by atoms with Crippen LogP contribution < -0.4 is 16.2 Å². The maximum atomic E-state index is 13.5. The first-order valence-electron chi connectivity index (χ1n) is 13.2. The molecule has 1 aliphatic carbocycles. The van der Waals surface area contributed by atoms with E-state index in [-0.39, 0.29) is 22.9 Å². The maximum Gasteiger partial charge on any atom is 0.263 e. The monoisotopic (exact) mass is 499 g/mol. The summed E-state index contributed by atoms with van der Waals surface area (Å²) in [6.45, 7) is 8.34. The number of hydrogen-bond donors (Lipinski definition) is 3. The van der Waals surface area contributed by atoms with Crippen LogP contribution in [0.15, 0.2) is 35.4 Å². The summed E-state index contributed by atoms with van der Waals surface area (Å²) in [4.78, 5) is 41.1. The third-order valence-corrected chi connectivity index (χ3v) is 7.86. The molecular weight excluding hydrogens is 466 g/mol. The lowest BCUT2D eigenvalue weighted by Gasteiger charge is -2.27. The quantitative estimate of drug-likeness (QED) is 0.344. The summed E-state index contributed by atoms with van der Waals surface area (Å²) in [6, 6.07) is 6.56. The van der Waals surface area contributed by atoms with Gasteiger partial charge in [-0.1, -0.05) is 18.9 Å². The Hall–Kier alpha value is -3.56. The summed E-state index contributed by atoms with van der Waals surface area (Å²) in [5.41, 5.74) is 4.45. The van der Waals surface area contributed by atoms with Gasteiger partial charge in [-0.3, -0.25) is 19.1 Å². The molecule has 1 saturated heterocycles. The molecule has 1 aliphatic heterocycles. The Balaban J connectivity index is 1.38. The van der Waals surface area contributed by atoms with Crippen LogP contribution in [-0.2, 0) is 6.54 Å². The number of rotatable bonds is 6. The van der Waals surface area contributed by atoms with Crippen molar-refractivity contribution in [3.63, 3.8) is 0 Å². The minimum absolute atomic E-state index is 0.0529. The molecule has 0 radical (unpaired) electrons. The number of piperazine rings is 1. The van der Waals surface area contributed by atoms with Crippen molar-refractivity contribution in [2.45, 2.75) is 52.1 Å². The molecule has 0 bridgehead atoms. The Morgan fingerprint density at radius 1 is 1.16 bits per heavy atom. The number of hydrogen-bond acceptors (Lipinski definition) is 7. The van der Waals surface area contributed by atoms with Crippen LogP contribution in [0.25, 0.3) is 21.9 Å². The molecule has 4 aromatic rings. The van der Waals surface area contributed by atoms with Crippen LogP contribution in [-0.4, -0.2) is 56.4 Å². The zero-order chi connectivity index (χ0) is 25.5. The lowest BCUT2D eigenvalue weighted by Crippen LogP contribution is -2.42. The molecule has 2 aliphatic rings. The molecule has 0 unspecified atom stereocenters. The molecule has 37 heavy (non-hydrogen) atoms. The molecule has 0 spiro atoms. The van der Waals surface area contributed by atoms with E-state index in [2.05, 4.69) is 43.7 Å². The SMILES string of the molecule is CC(=O)c1c(C)c2cnc(Nc3c[nH]c4ccc(CN5CCNCC5)cc34)nc2n(C2CCCC2)c1=O. The second kappa shape index (κ2) is 9.72. The first-order valence-corrected chi connectivity index (χ1v) is 13.2. The lowest BCUT2D eigenvalue weighted by atomic mass is 10.0. The highest BCUT2D eigenvalue weighted by molar-refractivity contribution is 5.99. The average Bonchev–Trinajstić information content (AvgIpc) is 3.55. The number of benzene rings is 1. The summed E-state index contributed by atoms with van der Waals surface area (Å²) < 4.78 is 1.75. The molecule has 6 rings (SSSR count). The summed E-state index contributed by atoms with van der Waals surface area (Å²) in [7, 11) is 0. The summed E-state index contributed by atoms with van der Waals surface area (Å²) in [5.74, 6) is 0.218. The van der Waals surface area contributed by atoms with Crippen molar-refractivity contribution in [1.82, 2.24) is 29.7 Å². The van der Waals surface area contributed by atoms with E-state index < -0.39 is 0 Å². The molecule has 3 N–H and O–H groups in total. The van der Waals surface area contributed by atoms with Gasteiger partial charge in [0.25, 0.3) is 5.56 Å². The van der Waals surface area contributed by atoms with E-state index >= 15 is 0 Å². The number of fused-ring (bicyclic) bond motifs is 2. The molecular formula is C28H33N7O2. The molecule has 0 atom stereocenters. The Bertz CT molecular complexity index is 1540. The van der Waals surface area contributed by atoms with Crippen molar-refractivity contribution < 1.29 is 4.79 Å². The molecule has 3 aromatic heterocycles. The molecule has 1 saturated carbocycles. The molecule has 192 valence electrons. The normalized spacial score (nSPS) is 17.1. The van der Waals surface area contributed by atoms with Crippen LogP contribution in [0, 0.1) is 6.92 Å². The van der Waals surface area contributed by atoms with Gasteiger partial charge >= 0.3 is 0 Å². The van der Waals surface area contributed by atoms with Crippen molar-refractivity contribution in [2.24, 2.45) is 0 Å². The zero-order valence-electron chi connectivity index (χ0n) is 21.4. The van der Waals surface area contributed by atoms with E-state index in [1.807, 2.05) is 13.1 Å². The Morgan fingerprint density at radius 3 is 2.70 bits per heavy atom. The van der Waals surface area contributed by atoms with Gasteiger partial charge in [0.1, 0.15) is 5.65 Å². The predicted octanol–water partition coefficient (Wildman–Crippen LogP) is 4.05. The van der Waals surface area contributed by atoms with Crippen molar-refractivity contribution in [1.29, 1.82) is 0 Å². The minimum Gasteiger partial charge on any atom is -0.359 e. The molecule has 9 nitrogen and oxygen atoms in total. The van der Waals surface area contributed by atoms with Gasteiger partial charge in [0.05, 0.1) is 11.3 Å². The van der Waals surface area contributed by atoms with E-state index in [1.54, 1.807) is 10.8 Å². The number of aromatic amines is 1. The van der Waals surface area contributed by atoms with Crippen molar-refractivity contribution in [2.75, 3.05) is 31.5 Å². The smallest absolute Gasteiger partial charge is 0.263 e. The third-order valence-electron chi connectivity index (χ3n) is 7.86. The van der Waals surface area contributed by atoms with Gasteiger partial charge in [-0.2, -0.15) is 4.98 Å². The number of anilines is 2. The Labute approximate surface area is 215 Å². The van der Waals surface area contributed by atoms with Gasteiger partial charge in [-0.15, -0.1) is 0 Å². The highest BCUT2D eigenvalue weighted by atomic mass is 16.1. The number of carbonyl (C=O) groups is 1. The predicted molar refractivity (Wildman–Crippen MR) is 146 cm³/mol. The van der Waals surface area contributed by atoms with Crippen LogP contribution in [0.4, 0.5) is 11.6 Å². The average molecular weight is 500 g/mol. The van der Waals surface area contributed by atoms with E-state index in [9.17, 15) is 9.59 Å². The van der Waals surface area contributed by atoms with E-state index in [0.29, 0.717) is 17.2 Å². The first-order chi connectivity index (χ1) is 18.0. The van der Waals surface area contributed by atoms with Crippen LogP contribution in [0.3, 0.4) is 0 Å². The minimum atomic E-state index is -0.237. The fraction of sp³-hybridized carbons (Fsp3) is 0.429. The van der Waals surface area contributed by atoms with E-state index in [1.165, 1.54) is 12.5 Å². The summed E-state index contributed by atoms with van der Waals surface area (Å²) in [5, 5.41) is 8.61. The maximum absolute atomic E-state index is 13.5. The van der Waals surface area contributed by atoms with E-state index in [4.69, 9.17) is 4.98 Å². The topological polar surface area (TPSA) is 108 Å². The number of carbonyl (C=O) groups excluding carboxylic acids is 1. The van der Waals surface area contributed by atoms with Gasteiger partial charge in [0, 0.05) is 67.4 Å². The zero-order valence-corrected chi connectivity index (χ0v) is 21.4. The highest BCUT2D eigenvalue weighted by Gasteiger charge is 2.26. The van der Waals surface area contributed by atoms with Gasteiger partial charge in [0.15, 0.2) is 5.78 Å². The number of nitrogens with zero attached hydrogens (tertiary/aromatic N) is 4. The second-order valence-corrected chi connectivity index (χ2v) is 10.3. The van der Waals surface area contributed by atoms with Gasteiger partial charge in [-0.25, -0.2) is 4.98 Å². The molecule has 2 fully saturated rings. The number of aromatic nitrogens is 4. The third kappa shape index (κ3) is 4.42. The van der Waals surface area contributed by atoms with Crippen molar-refractivity contribution >= 4 is 39.4 Å². The number of H-pyrrole nitrogens is 1. The number of Topliss-reactive ketones (excluding diaryl/α,β-unsaturated/α-hetero) is 1. The van der Waals surface area contributed by atoms with Gasteiger partial charge in [-0.05, 0) is 49.9 Å². The summed E-state index contributed by atoms with van der Waals surface area (Å²) >= 11 is 0. The summed E-state index contributed by atoms with van der Waals surface area (Å²) in [6.07, 6.45) is 7.65. The van der Waals surface area contributed by atoms with E-state index in [0.717, 1.165) is 80.4 Å². The fourth-order valence-electron chi connectivity index (χ4n) is 5.93. The van der Waals surface area contributed by atoms with Gasteiger partial charge < -0.3 is 15.6 Å². The molecule has 1 aromatic carbocycles. The number of ketones is 1. The number of pyridine rings is 1. The lowest BCUT2D eigenvalue weighted by molar-refractivity contribution is 0.101. The molecule has 4 heterocycles. The number of aryl methyl sites for hydroxylation is 1. The Kier molecular flexibility index (Phi) is 6.26. The van der Waals surface area contributed by atoms with Crippen LogP contribution in [0.5, 0.6) is 0 Å². The first kappa shape index (κ1) is 23.8. The van der Waals surface area contributed by atoms with Crippen molar-refractivity contribution in [3.05, 3.63) is 57.6 Å². The standard InChI is InChI=1S/C28H33N7O2/c1-17-22-14-31-28(33-26(22)35(20-5-3-4-6-20)27(37)25(17)18(2)36)32-24-15-30-23-8-7-19(13-21(23)24)16-34-11-9-29-10-12-34/h7-8,13-15,20,29-30H,3-6,9-12,16H2,1-2H3,(H,31,32,33). The van der Waals surface area contributed by atoms with Gasteiger partial charge in [0.2, 0.25) is 5.95 Å². The molecule has 9 heteroatoms. The Morgan fingerprint density at radius 2 is 1.95 bits per heavy atom. The van der Waals surface area contributed by atoms with Crippen molar-refractivity contribution in [3.8, 4) is 0 Å². The highest BCUT2D eigenvalue weighted by Crippen LogP contribution is 2.32. The molecule has 0 amide bonds. The van der Waals surface area contributed by atoms with Crippen LogP contribution >= 0.6 is 0 Å².